The molecule has 0 radical (unpaired) electrons. The lowest BCUT2D eigenvalue weighted by Crippen LogP contribution is -2.23. The number of pyridine rings is 1. The van der Waals surface area contributed by atoms with Gasteiger partial charge in [-0.3, -0.25) is 9.79 Å². The van der Waals surface area contributed by atoms with Gasteiger partial charge in [-0.2, -0.15) is 13.2 Å². The van der Waals surface area contributed by atoms with Gasteiger partial charge in [0.2, 0.25) is 5.90 Å². The Kier molecular flexibility index (Phi) is 9.45. The molecule has 208 valence electrons. The lowest BCUT2D eigenvalue weighted by molar-refractivity contribution is -0.137. The van der Waals surface area contributed by atoms with Crippen molar-refractivity contribution in [1.29, 1.82) is 0 Å². The number of aromatic nitrogens is 1. The third-order valence-corrected chi connectivity index (χ3v) is 6.04. The molecule has 2 aromatic carbocycles. The zero-order valence-corrected chi connectivity index (χ0v) is 22.2. The van der Waals surface area contributed by atoms with Crippen LogP contribution in [0.25, 0.3) is 11.1 Å². The number of halogens is 3. The summed E-state index contributed by atoms with van der Waals surface area (Å²) in [6.45, 7) is 5.79. The Morgan fingerprint density at radius 2 is 1.72 bits per heavy atom. The number of allylic oxidation sites excluding steroid dienone is 1. The number of methoxy groups -OCH3 is 2. The molecule has 10 heteroatoms. The summed E-state index contributed by atoms with van der Waals surface area (Å²) in [6.07, 6.45) is -2.55. The summed E-state index contributed by atoms with van der Waals surface area (Å²) in [5.74, 6) is 0.193. The van der Waals surface area contributed by atoms with E-state index in [4.69, 9.17) is 14.2 Å². The van der Waals surface area contributed by atoms with Crippen LogP contribution in [0.5, 0.6) is 17.2 Å². The molecule has 0 saturated carbocycles. The monoisotopic (exact) mass is 544 g/mol. The summed E-state index contributed by atoms with van der Waals surface area (Å²) >= 11 is 0. The second-order valence-electron chi connectivity index (χ2n) is 8.72. The van der Waals surface area contributed by atoms with Gasteiger partial charge in [-0.25, -0.2) is 0 Å². The van der Waals surface area contributed by atoms with Gasteiger partial charge < -0.3 is 24.3 Å². The van der Waals surface area contributed by atoms with Crippen molar-refractivity contribution in [2.24, 2.45) is 4.99 Å². The van der Waals surface area contributed by atoms with Crippen molar-refractivity contribution < 1.29 is 32.5 Å². The van der Waals surface area contributed by atoms with Crippen LogP contribution >= 0.6 is 0 Å². The van der Waals surface area contributed by atoms with Gasteiger partial charge in [-0.15, -0.1) is 0 Å². The average molecular weight is 545 g/mol. The largest absolute Gasteiger partial charge is 0.506 e. The third kappa shape index (κ3) is 6.63. The van der Waals surface area contributed by atoms with Crippen molar-refractivity contribution in [3.63, 3.8) is 0 Å². The molecule has 1 aromatic heterocycles. The number of H-pyrrole nitrogens is 1. The van der Waals surface area contributed by atoms with E-state index < -0.39 is 23.0 Å². The maximum absolute atomic E-state index is 13.2. The number of aromatic amines is 1. The number of aromatic hydroxyl groups is 1. The quantitative estimate of drug-likeness (QED) is 0.178. The molecule has 0 amide bonds. The first kappa shape index (κ1) is 29.3. The number of aryl methyl sites for hydroxylation is 1. The minimum absolute atomic E-state index is 0.0280. The van der Waals surface area contributed by atoms with Crippen LogP contribution in [0.4, 0.5) is 13.2 Å². The van der Waals surface area contributed by atoms with Gasteiger partial charge in [0.15, 0.2) is 0 Å². The number of unbranched alkanes of at least 4 members (excludes halogenated alkanes) is 1. The average Bonchev–Trinajstić information content (AvgIpc) is 2.90. The van der Waals surface area contributed by atoms with Crippen molar-refractivity contribution in [3.05, 3.63) is 87.5 Å². The van der Waals surface area contributed by atoms with Crippen molar-refractivity contribution in [2.45, 2.75) is 38.8 Å². The number of aliphatic imine (C=N–C) groups is 1. The van der Waals surface area contributed by atoms with Gasteiger partial charge in [-0.1, -0.05) is 44.2 Å². The van der Waals surface area contributed by atoms with E-state index in [2.05, 4.69) is 16.6 Å². The van der Waals surface area contributed by atoms with Gasteiger partial charge in [0.1, 0.15) is 28.6 Å². The summed E-state index contributed by atoms with van der Waals surface area (Å²) in [5.41, 5.74) is -0.205. The molecule has 0 unspecified atom stereocenters. The third-order valence-electron chi connectivity index (χ3n) is 6.04. The molecule has 1 heterocycles. The fourth-order valence-corrected chi connectivity index (χ4v) is 4.21. The Bertz CT molecular complexity index is 1410. The molecule has 3 aromatic rings. The van der Waals surface area contributed by atoms with Crippen molar-refractivity contribution >= 4 is 5.90 Å². The summed E-state index contributed by atoms with van der Waals surface area (Å²) in [7, 11) is 4.32. The highest BCUT2D eigenvalue weighted by Gasteiger charge is 2.31. The SMILES string of the molecule is C=C(Cc1cccc(C(F)(F)F)c1)OC(=NC)c1c(O)c(-c2c(OC)cccc2OC)c(CCCC)[nH]c1=O. The number of benzene rings is 2. The Labute approximate surface area is 224 Å². The maximum atomic E-state index is 13.2. The predicted octanol–water partition coefficient (Wildman–Crippen LogP) is 6.28. The number of alkyl halides is 3. The normalized spacial score (nSPS) is 11.8. The molecule has 0 fully saturated rings. The fourth-order valence-electron chi connectivity index (χ4n) is 4.21. The molecule has 39 heavy (non-hydrogen) atoms. The first-order valence-corrected chi connectivity index (χ1v) is 12.2. The standard InChI is InChI=1S/C29H31F3N2O5/c1-6-7-12-20-23(24-21(37-4)13-9-14-22(24)38-5)26(35)25(27(36)34-20)28(33-3)39-17(2)15-18-10-8-11-19(16-18)29(30,31)32/h8-11,13-14,16H,2,6-7,12,15H2,1,3-5H3,(H2,34,35,36). The van der Waals surface area contributed by atoms with E-state index in [1.165, 1.54) is 33.4 Å². The number of nitrogens with zero attached hydrogens (tertiary/aromatic N) is 1. The van der Waals surface area contributed by atoms with Crippen LogP contribution in [0.3, 0.4) is 0 Å². The van der Waals surface area contributed by atoms with Crippen LogP contribution in [0.15, 0.2) is 64.6 Å². The summed E-state index contributed by atoms with van der Waals surface area (Å²) in [4.78, 5) is 20.1. The number of hydrogen-bond acceptors (Lipinski definition) is 6. The first-order valence-electron chi connectivity index (χ1n) is 12.2. The predicted molar refractivity (Wildman–Crippen MR) is 144 cm³/mol. The zero-order valence-electron chi connectivity index (χ0n) is 22.2. The molecular weight excluding hydrogens is 513 g/mol. The van der Waals surface area contributed by atoms with E-state index in [-0.39, 0.29) is 23.6 Å². The van der Waals surface area contributed by atoms with Gasteiger partial charge in [0.25, 0.3) is 5.56 Å². The number of ether oxygens (including phenoxy) is 3. The van der Waals surface area contributed by atoms with E-state index >= 15 is 0 Å². The highest BCUT2D eigenvalue weighted by molar-refractivity contribution is 6.00. The Balaban J connectivity index is 2.08. The van der Waals surface area contributed by atoms with E-state index in [0.29, 0.717) is 40.3 Å². The minimum atomic E-state index is -4.50. The minimum Gasteiger partial charge on any atom is -0.506 e. The molecule has 0 aliphatic heterocycles. The Hall–Kier alpha value is -4.21. The summed E-state index contributed by atoms with van der Waals surface area (Å²) < 4.78 is 56.2. The first-order chi connectivity index (χ1) is 18.5. The highest BCUT2D eigenvalue weighted by atomic mass is 19.4. The lowest BCUT2D eigenvalue weighted by atomic mass is 9.95. The number of hydrogen-bond donors (Lipinski definition) is 2. The van der Waals surface area contributed by atoms with Crippen LogP contribution < -0.4 is 15.0 Å². The van der Waals surface area contributed by atoms with Crippen LogP contribution in [0.2, 0.25) is 0 Å². The zero-order chi connectivity index (χ0) is 28.7. The highest BCUT2D eigenvalue weighted by Crippen LogP contribution is 2.45. The Morgan fingerprint density at radius 1 is 1.08 bits per heavy atom. The molecule has 0 aliphatic rings. The lowest BCUT2D eigenvalue weighted by Gasteiger charge is -2.20. The Morgan fingerprint density at radius 3 is 2.28 bits per heavy atom. The molecular formula is C29H31F3N2O5. The molecule has 0 atom stereocenters. The molecule has 0 aliphatic carbocycles. The van der Waals surface area contributed by atoms with Crippen LogP contribution in [0, 0.1) is 0 Å². The van der Waals surface area contributed by atoms with Crippen molar-refractivity contribution in [2.75, 3.05) is 21.3 Å². The van der Waals surface area contributed by atoms with Gasteiger partial charge in [0.05, 0.1) is 30.9 Å². The topological polar surface area (TPSA) is 93.1 Å². The fraction of sp³-hybridized carbons (Fsp3) is 0.310. The van der Waals surface area contributed by atoms with Crippen LogP contribution in [-0.4, -0.2) is 37.3 Å². The number of nitrogens with one attached hydrogen (secondary N) is 1. The van der Waals surface area contributed by atoms with Crippen molar-refractivity contribution in [1.82, 2.24) is 4.98 Å². The van der Waals surface area contributed by atoms with Crippen LogP contribution in [-0.2, 0) is 23.8 Å². The molecule has 7 nitrogen and oxygen atoms in total. The molecule has 2 N–H and O–H groups in total. The van der Waals surface area contributed by atoms with Gasteiger partial charge >= 0.3 is 6.18 Å². The smallest absolute Gasteiger partial charge is 0.416 e. The summed E-state index contributed by atoms with van der Waals surface area (Å²) in [6, 6.07) is 9.90. The van der Waals surface area contributed by atoms with Crippen molar-refractivity contribution in [3.8, 4) is 28.4 Å². The van der Waals surface area contributed by atoms with Crippen LogP contribution in [0.1, 0.15) is 42.1 Å². The molecule has 0 saturated heterocycles. The molecule has 0 bridgehead atoms. The maximum Gasteiger partial charge on any atom is 0.416 e. The molecule has 0 spiro atoms. The van der Waals surface area contributed by atoms with Gasteiger partial charge in [-0.05, 0) is 36.6 Å². The molecule has 3 rings (SSSR count). The second-order valence-corrected chi connectivity index (χ2v) is 8.72. The number of rotatable bonds is 10. The van der Waals surface area contributed by atoms with E-state index in [1.54, 1.807) is 18.2 Å². The van der Waals surface area contributed by atoms with E-state index in [0.717, 1.165) is 25.0 Å². The van der Waals surface area contributed by atoms with Gasteiger partial charge in [0, 0.05) is 19.2 Å². The van der Waals surface area contributed by atoms with E-state index in [1.807, 2.05) is 6.92 Å². The van der Waals surface area contributed by atoms with E-state index in [9.17, 15) is 23.1 Å². The second kappa shape index (κ2) is 12.6. The summed E-state index contributed by atoms with van der Waals surface area (Å²) in [5, 5.41) is 11.5.